The van der Waals surface area contributed by atoms with E-state index in [1.54, 1.807) is 6.08 Å². The molecule has 3 aliphatic heterocycles. The first-order valence-electron chi connectivity index (χ1n) is 32.1. The van der Waals surface area contributed by atoms with Gasteiger partial charge in [0, 0.05) is 19.8 Å². The number of allylic oxidation sites excluding steroid dienone is 1. The molecule has 18 atom stereocenters. The van der Waals surface area contributed by atoms with Gasteiger partial charge in [-0.25, -0.2) is 4.79 Å². The lowest BCUT2D eigenvalue weighted by Gasteiger charge is -2.50. The van der Waals surface area contributed by atoms with Crippen LogP contribution in [-0.4, -0.2) is 215 Å². The van der Waals surface area contributed by atoms with Crippen molar-refractivity contribution in [3.63, 3.8) is 0 Å². The normalized spacial score (nSPS) is 29.8. The zero-order chi connectivity index (χ0) is 61.9. The monoisotopic (exact) mass is 1210 g/mol. The Morgan fingerprint density at radius 3 is 1.58 bits per heavy atom. The van der Waals surface area contributed by atoms with Gasteiger partial charge in [0.1, 0.15) is 67.1 Å². The highest BCUT2D eigenvalue weighted by molar-refractivity contribution is 5.77. The Hall–Kier alpha value is -2.53. The van der Waals surface area contributed by atoms with Crippen molar-refractivity contribution in [2.75, 3.05) is 26.4 Å². The summed E-state index contributed by atoms with van der Waals surface area (Å²) in [6, 6.07) is -2.61. The highest BCUT2D eigenvalue weighted by Crippen LogP contribution is 2.38. The van der Waals surface area contributed by atoms with Gasteiger partial charge in [0.15, 0.2) is 12.6 Å². The van der Waals surface area contributed by atoms with E-state index in [-0.39, 0.29) is 12.3 Å². The summed E-state index contributed by atoms with van der Waals surface area (Å²) in [5.74, 6) is -6.14. The fraction of sp³-hybridized carbons (Fsp3) is 0.918. The first kappa shape index (κ1) is 75.7. The first-order valence-corrected chi connectivity index (χ1v) is 32.1. The Labute approximate surface area is 499 Å². The fourth-order valence-corrected chi connectivity index (χ4v) is 11.3. The largest absolute Gasteiger partial charge is 0.477 e. The fourth-order valence-electron chi connectivity index (χ4n) is 11.3. The predicted octanol–water partition coefficient (Wildman–Crippen LogP) is 3.95. The van der Waals surface area contributed by atoms with Crippen molar-refractivity contribution < 1.29 is 104 Å². The van der Waals surface area contributed by atoms with Crippen LogP contribution in [0.4, 0.5) is 0 Å². The van der Waals surface area contributed by atoms with Gasteiger partial charge in [0.2, 0.25) is 11.8 Å². The second-order valence-electron chi connectivity index (χ2n) is 23.6. The van der Waals surface area contributed by atoms with E-state index in [1.807, 2.05) is 6.08 Å². The molecule has 3 saturated heterocycles. The lowest BCUT2D eigenvalue weighted by atomic mass is 9.88. The molecule has 0 aromatic rings. The van der Waals surface area contributed by atoms with E-state index in [0.29, 0.717) is 12.8 Å². The molecule has 84 heavy (non-hydrogen) atoms. The number of nitrogens with one attached hydrogen (secondary N) is 2. The lowest BCUT2D eigenvalue weighted by molar-refractivity contribution is -0.386. The van der Waals surface area contributed by atoms with E-state index in [2.05, 4.69) is 24.5 Å². The minimum Gasteiger partial charge on any atom is -0.477 e. The van der Waals surface area contributed by atoms with E-state index in [1.165, 1.54) is 116 Å². The van der Waals surface area contributed by atoms with Crippen LogP contribution in [0.1, 0.15) is 220 Å². The summed E-state index contributed by atoms with van der Waals surface area (Å²) >= 11 is 0. The molecule has 3 heterocycles. The second kappa shape index (κ2) is 43.2. The number of hydrogen-bond acceptors (Lipinski definition) is 20. The number of hydrogen-bond donors (Lipinski definition) is 14. The van der Waals surface area contributed by atoms with Crippen LogP contribution in [0.3, 0.4) is 0 Å². The molecule has 23 nitrogen and oxygen atoms in total. The highest BCUT2D eigenvalue weighted by atomic mass is 16.8. The van der Waals surface area contributed by atoms with Gasteiger partial charge in [-0.15, -0.1) is 0 Å². The van der Waals surface area contributed by atoms with Crippen molar-refractivity contribution in [1.82, 2.24) is 10.6 Å². The number of carbonyl (C=O) groups excluding carboxylic acids is 2. The molecule has 14 N–H and O–H groups in total. The van der Waals surface area contributed by atoms with Gasteiger partial charge >= 0.3 is 5.97 Å². The molecule has 2 amide bonds. The second-order valence-corrected chi connectivity index (χ2v) is 23.6. The van der Waals surface area contributed by atoms with Crippen molar-refractivity contribution >= 4 is 17.8 Å². The summed E-state index contributed by atoms with van der Waals surface area (Å²) in [5, 5.41) is 135. The Morgan fingerprint density at radius 1 is 0.619 bits per heavy atom. The topological polar surface area (TPSA) is 373 Å². The average molecular weight is 1210 g/mol. The highest BCUT2D eigenvalue weighted by Gasteiger charge is 2.60. The SMILES string of the molecule is CCCCCCCCC/C=C/C(O)C(COC1OC(CO)C(OC2OC(CO)C(O)C(OC3(C(=O)O)CC(O)C(NC(C)=O)C(C(O)C(O)CO)O3)C2O)C(O)C1O)NC(=O)CCCCCCCCCCCCCCCCCCCCCCC. The van der Waals surface area contributed by atoms with Gasteiger partial charge in [-0.2, -0.15) is 0 Å². The zero-order valence-electron chi connectivity index (χ0n) is 50.8. The number of carbonyl (C=O) groups is 3. The molecule has 0 bridgehead atoms. The smallest absolute Gasteiger partial charge is 0.364 e. The Balaban J connectivity index is 1.59. The van der Waals surface area contributed by atoms with Crippen molar-refractivity contribution in [1.29, 1.82) is 0 Å². The van der Waals surface area contributed by atoms with Gasteiger partial charge < -0.3 is 100 Å². The van der Waals surface area contributed by atoms with Crippen LogP contribution in [-0.2, 0) is 42.8 Å². The summed E-state index contributed by atoms with van der Waals surface area (Å²) in [5.41, 5.74) is 0. The van der Waals surface area contributed by atoms with Gasteiger partial charge in [-0.05, 0) is 19.3 Å². The molecule has 3 aliphatic rings. The minimum absolute atomic E-state index is 0.204. The quantitative estimate of drug-likeness (QED) is 0.0303. The maximum Gasteiger partial charge on any atom is 0.364 e. The number of aliphatic carboxylic acids is 1. The molecule has 0 spiro atoms. The average Bonchev–Trinajstić information content (AvgIpc) is 2.62. The van der Waals surface area contributed by atoms with Crippen molar-refractivity contribution in [2.45, 2.75) is 330 Å². The minimum atomic E-state index is -3.08. The van der Waals surface area contributed by atoms with E-state index < -0.39 is 155 Å². The molecular formula is C61H112N2O21. The van der Waals surface area contributed by atoms with Gasteiger partial charge in [0.05, 0.1) is 50.7 Å². The van der Waals surface area contributed by atoms with Gasteiger partial charge in [0.25, 0.3) is 5.79 Å². The third-order valence-corrected chi connectivity index (χ3v) is 16.5. The maximum atomic E-state index is 13.4. The van der Waals surface area contributed by atoms with Crippen LogP contribution in [0, 0.1) is 0 Å². The third-order valence-electron chi connectivity index (χ3n) is 16.5. The van der Waals surface area contributed by atoms with Crippen LogP contribution >= 0.6 is 0 Å². The molecule has 0 saturated carbocycles. The van der Waals surface area contributed by atoms with E-state index in [4.69, 9.17) is 28.4 Å². The maximum absolute atomic E-state index is 13.4. The molecule has 23 heteroatoms. The molecule has 3 fully saturated rings. The summed E-state index contributed by atoms with van der Waals surface area (Å²) in [6.07, 6.45) is 8.72. The summed E-state index contributed by atoms with van der Waals surface area (Å²) in [6.45, 7) is 2.08. The number of aliphatic hydroxyl groups is 11. The summed E-state index contributed by atoms with van der Waals surface area (Å²) in [7, 11) is 0. The lowest BCUT2D eigenvalue weighted by Crippen LogP contribution is -2.70. The number of amides is 2. The van der Waals surface area contributed by atoms with Crippen molar-refractivity contribution in [3.05, 3.63) is 12.2 Å². The van der Waals surface area contributed by atoms with Crippen molar-refractivity contribution in [3.8, 4) is 0 Å². The number of rotatable bonds is 47. The van der Waals surface area contributed by atoms with Crippen LogP contribution in [0.15, 0.2) is 12.2 Å². The molecular weight excluding hydrogens is 1100 g/mol. The van der Waals surface area contributed by atoms with E-state index in [0.717, 1.165) is 64.7 Å². The zero-order valence-corrected chi connectivity index (χ0v) is 50.8. The molecule has 0 aromatic carbocycles. The number of unbranched alkanes of at least 4 members (excludes halogenated alkanes) is 27. The molecule has 492 valence electrons. The van der Waals surface area contributed by atoms with Crippen LogP contribution in [0.5, 0.6) is 0 Å². The first-order chi connectivity index (χ1) is 40.4. The third kappa shape index (κ3) is 26.7. The van der Waals surface area contributed by atoms with E-state index in [9.17, 15) is 75.7 Å². The number of carboxylic acid groups (broad SMARTS) is 1. The molecule has 3 rings (SSSR count). The number of carboxylic acids is 1. The van der Waals surface area contributed by atoms with Gasteiger partial charge in [-0.1, -0.05) is 193 Å². The standard InChI is InChI=1S/C61H112N2O21/c1-4-6-8-10-12-14-15-16-17-18-19-20-21-22-23-24-25-27-29-31-33-35-48(71)63-42(43(68)34-32-30-28-26-13-11-9-7-5-2)40-79-58-53(75)52(74)55(47(39-66)81-58)82-59-54(76)57(51(73)46(38-65)80-59)84-61(60(77)78)36-44(69)49(62-41(3)67)56(83-61)50(72)45(70)37-64/h32,34,42-47,49-59,64-66,68-70,72-76H,4-31,33,35-40H2,1-3H3,(H,62,67)(H,63,71)(H,77,78)/b34-32+. The Kier molecular flexibility index (Phi) is 38.9. The van der Waals surface area contributed by atoms with E-state index >= 15 is 0 Å². The molecule has 0 aliphatic carbocycles. The summed E-state index contributed by atoms with van der Waals surface area (Å²) < 4.78 is 34.6. The predicted molar refractivity (Wildman–Crippen MR) is 311 cm³/mol. The summed E-state index contributed by atoms with van der Waals surface area (Å²) in [4.78, 5) is 38.4. The van der Waals surface area contributed by atoms with Crippen LogP contribution < -0.4 is 10.6 Å². The molecule has 0 radical (unpaired) electrons. The van der Waals surface area contributed by atoms with Gasteiger partial charge in [-0.3, -0.25) is 9.59 Å². The molecule has 18 unspecified atom stereocenters. The van der Waals surface area contributed by atoms with Crippen LogP contribution in [0.2, 0.25) is 0 Å². The van der Waals surface area contributed by atoms with Crippen LogP contribution in [0.25, 0.3) is 0 Å². The Bertz CT molecular complexity index is 1770. The van der Waals surface area contributed by atoms with Crippen molar-refractivity contribution in [2.24, 2.45) is 0 Å². The molecule has 0 aromatic heterocycles. The number of ether oxygens (including phenoxy) is 6. The number of aliphatic hydroxyl groups excluding tert-OH is 11. The Morgan fingerprint density at radius 2 is 1.11 bits per heavy atom.